The number of carbonyl (C=O) groups excluding carboxylic acids is 1. The number of ketones is 1. The number of Topliss-reactive ketones (excluding diaryl/α,β-unsaturated/α-hetero) is 1. The van der Waals surface area contributed by atoms with Crippen LogP contribution in [0.2, 0.25) is 0 Å². The second kappa shape index (κ2) is 9.85. The lowest BCUT2D eigenvalue weighted by Crippen LogP contribution is -2.52. The van der Waals surface area contributed by atoms with Crippen LogP contribution in [0.15, 0.2) is 0 Å². The minimum absolute atomic E-state index is 0.183. The van der Waals surface area contributed by atoms with Crippen LogP contribution in [0, 0.1) is 0 Å². The Bertz CT molecular complexity index is 296. The van der Waals surface area contributed by atoms with Crippen molar-refractivity contribution in [1.29, 1.82) is 0 Å². The molecule has 0 bridgehead atoms. The van der Waals surface area contributed by atoms with Gasteiger partial charge in [-0.15, -0.1) is 0 Å². The summed E-state index contributed by atoms with van der Waals surface area (Å²) in [5, 5.41) is 9.27. The predicted molar refractivity (Wildman–Crippen MR) is 73.6 cm³/mol. The molecule has 0 aromatic heterocycles. The molecule has 0 saturated heterocycles. The van der Waals surface area contributed by atoms with Crippen molar-refractivity contribution in [3.8, 4) is 0 Å². The molecule has 20 heavy (non-hydrogen) atoms. The van der Waals surface area contributed by atoms with Gasteiger partial charge in [0.25, 0.3) is 0 Å². The Morgan fingerprint density at radius 3 is 1.80 bits per heavy atom. The van der Waals surface area contributed by atoms with E-state index < -0.39 is 23.6 Å². The van der Waals surface area contributed by atoms with E-state index in [1.165, 1.54) is 6.92 Å². The standard InChI is InChI=1S/C14H26O6/c1-5-8-18-12(19-9-6-2)11(15)14(4,13(16)17)20-10-7-3/h12H,5-10H2,1-4H3,(H,16,17). The molecule has 0 aromatic rings. The van der Waals surface area contributed by atoms with E-state index in [0.717, 1.165) is 0 Å². The highest BCUT2D eigenvalue weighted by atomic mass is 16.7. The summed E-state index contributed by atoms with van der Waals surface area (Å²) < 4.78 is 15.9. The van der Waals surface area contributed by atoms with E-state index in [1.807, 2.05) is 20.8 Å². The summed E-state index contributed by atoms with van der Waals surface area (Å²) in [4.78, 5) is 23.7. The Labute approximate surface area is 120 Å². The fourth-order valence-corrected chi connectivity index (χ4v) is 1.42. The van der Waals surface area contributed by atoms with Crippen LogP contribution < -0.4 is 0 Å². The Kier molecular flexibility index (Phi) is 9.37. The van der Waals surface area contributed by atoms with E-state index in [9.17, 15) is 14.7 Å². The molecular weight excluding hydrogens is 264 g/mol. The minimum Gasteiger partial charge on any atom is -0.479 e. The molecule has 0 rings (SSSR count). The van der Waals surface area contributed by atoms with Gasteiger partial charge in [-0.3, -0.25) is 4.79 Å². The maximum atomic E-state index is 12.4. The summed E-state index contributed by atoms with van der Waals surface area (Å²) in [6.07, 6.45) is 0.831. The fraction of sp³-hybridized carbons (Fsp3) is 0.857. The Hall–Kier alpha value is -0.980. The second-order valence-corrected chi connectivity index (χ2v) is 4.62. The third-order valence-electron chi connectivity index (χ3n) is 2.63. The van der Waals surface area contributed by atoms with Gasteiger partial charge in [0, 0.05) is 19.8 Å². The van der Waals surface area contributed by atoms with Crippen molar-refractivity contribution in [2.24, 2.45) is 0 Å². The fourth-order valence-electron chi connectivity index (χ4n) is 1.42. The maximum absolute atomic E-state index is 12.4. The molecule has 6 nitrogen and oxygen atoms in total. The van der Waals surface area contributed by atoms with Crippen molar-refractivity contribution in [3.05, 3.63) is 0 Å². The summed E-state index contributed by atoms with van der Waals surface area (Å²) in [6, 6.07) is 0. The van der Waals surface area contributed by atoms with Crippen LogP contribution in [0.1, 0.15) is 47.0 Å². The number of hydrogen-bond acceptors (Lipinski definition) is 5. The molecule has 6 heteroatoms. The van der Waals surface area contributed by atoms with E-state index in [1.54, 1.807) is 0 Å². The number of carboxylic acid groups (broad SMARTS) is 1. The van der Waals surface area contributed by atoms with Crippen LogP contribution in [0.5, 0.6) is 0 Å². The molecule has 0 fully saturated rings. The highest BCUT2D eigenvalue weighted by Gasteiger charge is 2.47. The molecule has 0 aromatic carbocycles. The minimum atomic E-state index is -1.94. The third kappa shape index (κ3) is 5.56. The van der Waals surface area contributed by atoms with Crippen LogP contribution in [0.3, 0.4) is 0 Å². The van der Waals surface area contributed by atoms with Gasteiger partial charge in [-0.2, -0.15) is 0 Å². The van der Waals surface area contributed by atoms with Crippen molar-refractivity contribution in [2.45, 2.75) is 58.8 Å². The zero-order valence-electron chi connectivity index (χ0n) is 12.8. The maximum Gasteiger partial charge on any atom is 0.343 e. The first-order valence-electron chi connectivity index (χ1n) is 7.08. The summed E-state index contributed by atoms with van der Waals surface area (Å²) >= 11 is 0. The number of rotatable bonds is 12. The van der Waals surface area contributed by atoms with Crippen molar-refractivity contribution in [3.63, 3.8) is 0 Å². The highest BCUT2D eigenvalue weighted by Crippen LogP contribution is 2.18. The van der Waals surface area contributed by atoms with Crippen LogP contribution >= 0.6 is 0 Å². The van der Waals surface area contributed by atoms with Gasteiger partial charge in [-0.25, -0.2) is 4.79 Å². The van der Waals surface area contributed by atoms with E-state index in [-0.39, 0.29) is 6.61 Å². The van der Waals surface area contributed by atoms with Crippen molar-refractivity contribution in [1.82, 2.24) is 0 Å². The molecule has 0 aliphatic heterocycles. The number of carbonyl (C=O) groups is 2. The van der Waals surface area contributed by atoms with Gasteiger partial charge >= 0.3 is 5.97 Å². The van der Waals surface area contributed by atoms with Gasteiger partial charge in [0.1, 0.15) is 0 Å². The lowest BCUT2D eigenvalue weighted by molar-refractivity contribution is -0.197. The molecule has 0 amide bonds. The Morgan fingerprint density at radius 2 is 1.45 bits per heavy atom. The second-order valence-electron chi connectivity index (χ2n) is 4.62. The molecule has 1 N–H and O–H groups in total. The van der Waals surface area contributed by atoms with Gasteiger partial charge in [0.05, 0.1) is 0 Å². The summed E-state index contributed by atoms with van der Waals surface area (Å²) in [6.45, 7) is 7.70. The summed E-state index contributed by atoms with van der Waals surface area (Å²) in [5.74, 6) is -2.04. The molecule has 1 unspecified atom stereocenters. The van der Waals surface area contributed by atoms with Crippen molar-refractivity contribution in [2.75, 3.05) is 19.8 Å². The third-order valence-corrected chi connectivity index (χ3v) is 2.63. The van der Waals surface area contributed by atoms with E-state index in [4.69, 9.17) is 14.2 Å². The highest BCUT2D eigenvalue weighted by molar-refractivity contribution is 6.07. The van der Waals surface area contributed by atoms with Gasteiger partial charge < -0.3 is 19.3 Å². The van der Waals surface area contributed by atoms with Gasteiger partial charge in [0.2, 0.25) is 17.7 Å². The lowest BCUT2D eigenvalue weighted by Gasteiger charge is -2.28. The topological polar surface area (TPSA) is 82.1 Å². The molecular formula is C14H26O6. The smallest absolute Gasteiger partial charge is 0.343 e. The van der Waals surface area contributed by atoms with Crippen LogP contribution in [-0.2, 0) is 23.8 Å². The van der Waals surface area contributed by atoms with Crippen molar-refractivity contribution < 1.29 is 28.9 Å². The number of ether oxygens (including phenoxy) is 3. The molecule has 0 spiro atoms. The summed E-state index contributed by atoms with van der Waals surface area (Å²) in [5.41, 5.74) is -1.94. The van der Waals surface area contributed by atoms with E-state index in [2.05, 4.69) is 0 Å². The Balaban J connectivity index is 4.97. The quantitative estimate of drug-likeness (QED) is 0.437. The molecule has 0 aliphatic carbocycles. The van der Waals surface area contributed by atoms with Crippen LogP contribution in [-0.4, -0.2) is 48.6 Å². The number of aliphatic carboxylic acids is 1. The molecule has 0 aliphatic rings. The van der Waals surface area contributed by atoms with Crippen LogP contribution in [0.25, 0.3) is 0 Å². The lowest BCUT2D eigenvalue weighted by atomic mass is 10.00. The van der Waals surface area contributed by atoms with E-state index >= 15 is 0 Å². The van der Waals surface area contributed by atoms with Gasteiger partial charge in [-0.05, 0) is 26.2 Å². The SMILES string of the molecule is CCCOC(OCCC)C(=O)C(C)(OCCC)C(=O)O. The zero-order valence-corrected chi connectivity index (χ0v) is 12.8. The van der Waals surface area contributed by atoms with Crippen LogP contribution in [0.4, 0.5) is 0 Å². The molecule has 1 atom stereocenters. The molecule has 0 saturated carbocycles. The van der Waals surface area contributed by atoms with Crippen molar-refractivity contribution >= 4 is 11.8 Å². The van der Waals surface area contributed by atoms with E-state index in [0.29, 0.717) is 32.5 Å². The first-order valence-corrected chi connectivity index (χ1v) is 7.08. The number of hydrogen-bond donors (Lipinski definition) is 1. The summed E-state index contributed by atoms with van der Waals surface area (Å²) in [7, 11) is 0. The average molecular weight is 290 g/mol. The molecule has 0 heterocycles. The Morgan fingerprint density at radius 1 is 1.00 bits per heavy atom. The first kappa shape index (κ1) is 19.0. The first-order chi connectivity index (χ1) is 9.43. The predicted octanol–water partition coefficient (Wildman–Crippen LogP) is 2.00. The largest absolute Gasteiger partial charge is 0.479 e. The molecule has 118 valence electrons. The number of carboxylic acids is 1. The monoisotopic (exact) mass is 290 g/mol. The normalized spacial score (nSPS) is 14.2. The average Bonchev–Trinajstić information content (AvgIpc) is 2.44. The zero-order chi connectivity index (χ0) is 15.6. The van der Waals surface area contributed by atoms with Gasteiger partial charge in [-0.1, -0.05) is 20.8 Å². The van der Waals surface area contributed by atoms with Gasteiger partial charge in [0.15, 0.2) is 0 Å². The molecule has 0 radical (unpaired) electrons.